The van der Waals surface area contributed by atoms with Crippen LogP contribution in [0, 0.1) is 12.8 Å². The van der Waals surface area contributed by atoms with Gasteiger partial charge in [-0.1, -0.05) is 5.21 Å². The number of hydrogen-bond donors (Lipinski definition) is 1. The Bertz CT molecular complexity index is 701. The van der Waals surface area contributed by atoms with Gasteiger partial charge in [0, 0.05) is 23.9 Å². The van der Waals surface area contributed by atoms with Crippen LogP contribution in [0.3, 0.4) is 0 Å². The van der Waals surface area contributed by atoms with E-state index in [2.05, 4.69) is 15.3 Å². The van der Waals surface area contributed by atoms with Crippen LogP contribution in [0.1, 0.15) is 32.5 Å². The first-order valence-corrected chi connectivity index (χ1v) is 7.80. The Morgan fingerprint density at radius 1 is 1.59 bits per heavy atom. The highest BCUT2D eigenvalue weighted by Crippen LogP contribution is 2.19. The minimum absolute atomic E-state index is 0.106. The molecule has 1 unspecified atom stereocenters. The molecule has 0 bridgehead atoms. The molecule has 116 valence electrons. The van der Waals surface area contributed by atoms with Crippen molar-refractivity contribution in [2.45, 2.75) is 19.9 Å². The minimum atomic E-state index is -1.00. The van der Waals surface area contributed by atoms with Crippen molar-refractivity contribution in [2.75, 3.05) is 13.2 Å². The molecule has 0 amide bonds. The van der Waals surface area contributed by atoms with Crippen LogP contribution in [0.15, 0.2) is 6.20 Å². The molecule has 0 radical (unpaired) electrons. The molecular formula is C14H16N4O3S. The number of nitrogens with zero attached hydrogens (tertiary/aromatic N) is 4. The van der Waals surface area contributed by atoms with Crippen LogP contribution in [0.5, 0.6) is 0 Å². The van der Waals surface area contributed by atoms with Crippen molar-refractivity contribution in [3.05, 3.63) is 27.5 Å². The zero-order valence-electron chi connectivity index (χ0n) is 12.1. The third-order valence-electron chi connectivity index (χ3n) is 3.44. The summed E-state index contributed by atoms with van der Waals surface area (Å²) in [4.78, 5) is 15.7. The van der Waals surface area contributed by atoms with Crippen molar-refractivity contribution in [3.8, 4) is 0 Å². The molecule has 7 nitrogen and oxygen atoms in total. The number of aryl methyl sites for hydroxylation is 1. The molecule has 0 spiro atoms. The summed E-state index contributed by atoms with van der Waals surface area (Å²) in [6.45, 7) is 4.15. The first-order valence-electron chi connectivity index (χ1n) is 6.98. The molecule has 3 rings (SSSR count). The van der Waals surface area contributed by atoms with Gasteiger partial charge < -0.3 is 9.84 Å². The molecule has 0 saturated carbocycles. The quantitative estimate of drug-likeness (QED) is 0.905. The zero-order chi connectivity index (χ0) is 15.5. The first kappa shape index (κ1) is 14.9. The first-order chi connectivity index (χ1) is 10.6. The standard InChI is InChI=1S/C14H16N4O3S/c1-9-13(14(19)20)15-12(22-9)3-2-11-7-18(17-16-11)6-10-4-5-21-8-10/h2-3,7,10H,4-6,8H2,1H3,(H,19,20). The molecule has 3 heterocycles. The van der Waals surface area contributed by atoms with Crippen molar-refractivity contribution in [1.82, 2.24) is 20.0 Å². The van der Waals surface area contributed by atoms with Crippen LogP contribution < -0.4 is 0 Å². The molecule has 1 fully saturated rings. The molecular weight excluding hydrogens is 304 g/mol. The maximum atomic E-state index is 11.0. The van der Waals surface area contributed by atoms with E-state index in [1.54, 1.807) is 19.1 Å². The number of carbonyl (C=O) groups is 1. The monoisotopic (exact) mass is 320 g/mol. The van der Waals surface area contributed by atoms with Crippen LogP contribution in [-0.2, 0) is 11.3 Å². The average molecular weight is 320 g/mol. The van der Waals surface area contributed by atoms with E-state index in [9.17, 15) is 4.79 Å². The fourth-order valence-corrected chi connectivity index (χ4v) is 3.13. The van der Waals surface area contributed by atoms with Gasteiger partial charge in [-0.3, -0.25) is 4.68 Å². The molecule has 0 aromatic carbocycles. The number of carboxylic acid groups (broad SMARTS) is 1. The van der Waals surface area contributed by atoms with Gasteiger partial charge in [-0.2, -0.15) is 0 Å². The molecule has 8 heteroatoms. The van der Waals surface area contributed by atoms with Gasteiger partial charge in [0.25, 0.3) is 0 Å². The fourth-order valence-electron chi connectivity index (χ4n) is 2.31. The predicted octanol–water partition coefficient (Wildman–Crippen LogP) is 1.95. The summed E-state index contributed by atoms with van der Waals surface area (Å²) in [6.07, 6.45) is 6.48. The smallest absolute Gasteiger partial charge is 0.355 e. The van der Waals surface area contributed by atoms with Crippen LogP contribution in [-0.4, -0.2) is 44.3 Å². The molecule has 1 N–H and O–H groups in total. The second-order valence-corrected chi connectivity index (χ2v) is 6.43. The number of ether oxygens (including phenoxy) is 1. The maximum Gasteiger partial charge on any atom is 0.355 e. The molecule has 1 saturated heterocycles. The molecule has 2 aromatic rings. The van der Waals surface area contributed by atoms with Crippen LogP contribution in [0.25, 0.3) is 12.2 Å². The number of aromatic carboxylic acids is 1. The summed E-state index contributed by atoms with van der Waals surface area (Å²) in [5.41, 5.74) is 0.832. The summed E-state index contributed by atoms with van der Waals surface area (Å²) in [6, 6.07) is 0. The number of thiazole rings is 1. The lowest BCUT2D eigenvalue weighted by Gasteiger charge is -2.05. The van der Waals surface area contributed by atoms with E-state index >= 15 is 0 Å². The van der Waals surface area contributed by atoms with E-state index in [0.717, 1.165) is 31.9 Å². The van der Waals surface area contributed by atoms with Gasteiger partial charge in [0.15, 0.2) is 5.69 Å². The number of rotatable bonds is 5. The Morgan fingerprint density at radius 2 is 2.45 bits per heavy atom. The fraction of sp³-hybridized carbons (Fsp3) is 0.429. The van der Waals surface area contributed by atoms with Gasteiger partial charge in [0.1, 0.15) is 10.7 Å². The van der Waals surface area contributed by atoms with Crippen LogP contribution in [0.4, 0.5) is 0 Å². The van der Waals surface area contributed by atoms with E-state index in [0.29, 0.717) is 15.8 Å². The normalized spacial score (nSPS) is 18.3. The summed E-state index contributed by atoms with van der Waals surface area (Å²) >= 11 is 1.34. The Balaban J connectivity index is 1.66. The summed E-state index contributed by atoms with van der Waals surface area (Å²) < 4.78 is 7.16. The lowest BCUT2D eigenvalue weighted by atomic mass is 10.1. The second-order valence-electron chi connectivity index (χ2n) is 5.19. The third kappa shape index (κ3) is 3.40. The average Bonchev–Trinajstić information content (AvgIpc) is 3.18. The Labute approximate surface area is 131 Å². The summed E-state index contributed by atoms with van der Waals surface area (Å²) in [5, 5.41) is 17.8. The lowest BCUT2D eigenvalue weighted by Crippen LogP contribution is -2.10. The van der Waals surface area contributed by atoms with Gasteiger partial charge in [-0.05, 0) is 25.5 Å². The topological polar surface area (TPSA) is 90.1 Å². The highest BCUT2D eigenvalue weighted by Gasteiger charge is 2.16. The van der Waals surface area contributed by atoms with Crippen LogP contribution in [0.2, 0.25) is 0 Å². The Morgan fingerprint density at radius 3 is 3.14 bits per heavy atom. The molecule has 1 aliphatic heterocycles. The third-order valence-corrected chi connectivity index (χ3v) is 4.37. The molecule has 0 aliphatic carbocycles. The van der Waals surface area contributed by atoms with Gasteiger partial charge in [-0.25, -0.2) is 9.78 Å². The largest absolute Gasteiger partial charge is 0.476 e. The number of hydrogen-bond acceptors (Lipinski definition) is 6. The molecule has 1 atom stereocenters. The maximum absolute atomic E-state index is 11.0. The van der Waals surface area contributed by atoms with Crippen molar-refractivity contribution in [2.24, 2.45) is 5.92 Å². The highest BCUT2D eigenvalue weighted by atomic mass is 32.1. The Hall–Kier alpha value is -2.06. The molecule has 2 aromatic heterocycles. The van der Waals surface area contributed by atoms with Crippen molar-refractivity contribution >= 4 is 29.5 Å². The molecule has 1 aliphatic rings. The SMILES string of the molecule is Cc1sc(C=Cc2cn(CC3CCOC3)nn2)nc1C(=O)O. The van der Waals surface area contributed by atoms with Crippen molar-refractivity contribution in [1.29, 1.82) is 0 Å². The minimum Gasteiger partial charge on any atom is -0.476 e. The second kappa shape index (κ2) is 6.37. The summed E-state index contributed by atoms with van der Waals surface area (Å²) in [5.74, 6) is -0.503. The van der Waals surface area contributed by atoms with E-state index in [-0.39, 0.29) is 5.69 Å². The van der Waals surface area contributed by atoms with E-state index < -0.39 is 5.97 Å². The number of carboxylic acids is 1. The van der Waals surface area contributed by atoms with Gasteiger partial charge >= 0.3 is 5.97 Å². The van der Waals surface area contributed by atoms with Crippen molar-refractivity contribution < 1.29 is 14.6 Å². The molecule has 22 heavy (non-hydrogen) atoms. The van der Waals surface area contributed by atoms with Crippen LogP contribution >= 0.6 is 11.3 Å². The van der Waals surface area contributed by atoms with Crippen molar-refractivity contribution in [3.63, 3.8) is 0 Å². The predicted molar refractivity (Wildman–Crippen MR) is 81.7 cm³/mol. The van der Waals surface area contributed by atoms with Gasteiger partial charge in [0.05, 0.1) is 12.8 Å². The highest BCUT2D eigenvalue weighted by molar-refractivity contribution is 7.12. The Kier molecular flexibility index (Phi) is 4.30. The van der Waals surface area contributed by atoms with E-state index in [4.69, 9.17) is 9.84 Å². The van der Waals surface area contributed by atoms with Gasteiger partial charge in [-0.15, -0.1) is 16.4 Å². The number of aromatic nitrogens is 4. The zero-order valence-corrected chi connectivity index (χ0v) is 12.9. The lowest BCUT2D eigenvalue weighted by molar-refractivity contribution is 0.0690. The van der Waals surface area contributed by atoms with E-state index in [1.807, 2.05) is 10.9 Å². The van der Waals surface area contributed by atoms with E-state index in [1.165, 1.54) is 11.3 Å². The summed E-state index contributed by atoms with van der Waals surface area (Å²) in [7, 11) is 0. The van der Waals surface area contributed by atoms with Gasteiger partial charge in [0.2, 0.25) is 0 Å².